The summed E-state index contributed by atoms with van der Waals surface area (Å²) >= 11 is 5.74. The molecule has 2 N–H and O–H groups in total. The van der Waals surface area contributed by atoms with Crippen LogP contribution in [0.4, 0.5) is 24.5 Å². The van der Waals surface area contributed by atoms with Gasteiger partial charge in [-0.25, -0.2) is 18.2 Å². The van der Waals surface area contributed by atoms with Gasteiger partial charge in [-0.1, -0.05) is 11.6 Å². The third-order valence-electron chi connectivity index (χ3n) is 4.86. The van der Waals surface area contributed by atoms with Crippen molar-refractivity contribution >= 4 is 28.9 Å². The first-order chi connectivity index (χ1) is 13.0. The molecule has 1 saturated heterocycles. The van der Waals surface area contributed by atoms with Crippen LogP contribution in [-0.2, 0) is 15.1 Å². The van der Waals surface area contributed by atoms with Crippen molar-refractivity contribution in [1.29, 1.82) is 0 Å². The van der Waals surface area contributed by atoms with E-state index in [0.717, 1.165) is 13.0 Å². The largest absolute Gasteiger partial charge is 0.359 e. The number of carbonyl (C=O) groups is 1. The molecule has 0 radical (unpaired) electrons. The standard InChI is InChI=1S/C19H19ClF3N3O2/c1-17(2)19(22,23)18(3,26-16(27)10-28-17)13-8-11(4-6-14(13)21)25-12-5-7-15(20)24-9-12/h4-9,25H,10H2,1-3H3,(H,26,27)/t18-/m1/s1. The molecule has 5 nitrogen and oxygen atoms in total. The van der Waals surface area contributed by atoms with E-state index in [1.807, 2.05) is 0 Å². The summed E-state index contributed by atoms with van der Waals surface area (Å²) < 4.78 is 50.5. The monoisotopic (exact) mass is 413 g/mol. The molecule has 1 atom stereocenters. The van der Waals surface area contributed by atoms with Crippen LogP contribution in [0.25, 0.3) is 0 Å². The Hall–Kier alpha value is -2.32. The Morgan fingerprint density at radius 3 is 2.50 bits per heavy atom. The van der Waals surface area contributed by atoms with Crippen LogP contribution in [0.15, 0.2) is 36.5 Å². The Kier molecular flexibility index (Phi) is 5.05. The Morgan fingerprint density at radius 2 is 1.86 bits per heavy atom. The molecule has 0 aliphatic carbocycles. The zero-order valence-electron chi connectivity index (χ0n) is 15.4. The molecule has 1 amide bonds. The van der Waals surface area contributed by atoms with E-state index in [0.29, 0.717) is 16.5 Å². The first-order valence-electron chi connectivity index (χ1n) is 8.48. The lowest BCUT2D eigenvalue weighted by Gasteiger charge is -2.43. The second-order valence-corrected chi connectivity index (χ2v) is 7.62. The average Bonchev–Trinajstić information content (AvgIpc) is 2.68. The van der Waals surface area contributed by atoms with E-state index in [1.165, 1.54) is 32.2 Å². The minimum atomic E-state index is -3.62. The summed E-state index contributed by atoms with van der Waals surface area (Å²) in [6, 6.07) is 6.89. The Balaban J connectivity index is 2.07. The van der Waals surface area contributed by atoms with Gasteiger partial charge in [-0.05, 0) is 51.1 Å². The highest BCUT2D eigenvalue weighted by Crippen LogP contribution is 2.48. The first-order valence-corrected chi connectivity index (χ1v) is 8.85. The smallest absolute Gasteiger partial charge is 0.302 e. The number of nitrogens with zero attached hydrogens (tertiary/aromatic N) is 1. The topological polar surface area (TPSA) is 63.2 Å². The summed E-state index contributed by atoms with van der Waals surface area (Å²) in [4.78, 5) is 16.0. The third kappa shape index (κ3) is 3.42. The van der Waals surface area contributed by atoms with E-state index in [9.17, 15) is 9.18 Å². The average molecular weight is 414 g/mol. The summed E-state index contributed by atoms with van der Waals surface area (Å²) in [6.07, 6.45) is 1.45. The molecule has 0 saturated carbocycles. The zero-order chi connectivity index (χ0) is 20.7. The van der Waals surface area contributed by atoms with Gasteiger partial charge in [0.25, 0.3) is 0 Å². The van der Waals surface area contributed by atoms with Crippen LogP contribution in [0.2, 0.25) is 5.15 Å². The van der Waals surface area contributed by atoms with Crippen LogP contribution in [-0.4, -0.2) is 29.0 Å². The maximum atomic E-state index is 15.4. The molecule has 2 heterocycles. The van der Waals surface area contributed by atoms with Gasteiger partial charge in [0.15, 0.2) is 0 Å². The molecule has 1 fully saturated rings. The van der Waals surface area contributed by atoms with E-state index >= 15 is 8.78 Å². The Bertz CT molecular complexity index is 906. The molecule has 1 aromatic carbocycles. The minimum absolute atomic E-state index is 0.292. The maximum Gasteiger partial charge on any atom is 0.302 e. The number of carbonyl (C=O) groups excluding carboxylic acids is 1. The highest BCUT2D eigenvalue weighted by molar-refractivity contribution is 6.29. The number of hydrogen-bond acceptors (Lipinski definition) is 4. The fourth-order valence-electron chi connectivity index (χ4n) is 3.17. The van der Waals surface area contributed by atoms with Crippen molar-refractivity contribution in [2.45, 2.75) is 37.8 Å². The van der Waals surface area contributed by atoms with Crippen LogP contribution in [0, 0.1) is 5.82 Å². The van der Waals surface area contributed by atoms with Gasteiger partial charge in [0, 0.05) is 11.3 Å². The Morgan fingerprint density at radius 1 is 1.18 bits per heavy atom. The predicted molar refractivity (Wildman–Crippen MR) is 99.4 cm³/mol. The molecule has 9 heteroatoms. The van der Waals surface area contributed by atoms with Crippen molar-refractivity contribution in [2.75, 3.05) is 11.9 Å². The van der Waals surface area contributed by atoms with Crippen molar-refractivity contribution in [3.8, 4) is 0 Å². The molecule has 28 heavy (non-hydrogen) atoms. The SMILES string of the molecule is CC1(C)OCC(=O)N[C@](C)(c2cc(Nc3ccc(Cl)nc3)ccc2F)C1(F)F. The molecule has 0 spiro atoms. The zero-order valence-corrected chi connectivity index (χ0v) is 16.2. The van der Waals surface area contributed by atoms with Crippen molar-refractivity contribution < 1.29 is 22.7 Å². The number of rotatable bonds is 3. The number of hydrogen-bond donors (Lipinski definition) is 2. The number of ether oxygens (including phenoxy) is 1. The van der Waals surface area contributed by atoms with Gasteiger partial charge in [-0.2, -0.15) is 0 Å². The van der Waals surface area contributed by atoms with Crippen molar-refractivity contribution in [1.82, 2.24) is 10.3 Å². The molecule has 2 aromatic rings. The number of anilines is 2. The number of aromatic nitrogens is 1. The number of nitrogens with one attached hydrogen (secondary N) is 2. The van der Waals surface area contributed by atoms with E-state index in [1.54, 1.807) is 12.1 Å². The number of amides is 1. The van der Waals surface area contributed by atoms with Gasteiger partial charge in [0.2, 0.25) is 5.91 Å². The molecule has 0 bridgehead atoms. The molecule has 1 aliphatic heterocycles. The van der Waals surface area contributed by atoms with Gasteiger partial charge < -0.3 is 15.4 Å². The normalized spacial score (nSPS) is 23.6. The van der Waals surface area contributed by atoms with Crippen molar-refractivity contribution in [3.63, 3.8) is 0 Å². The number of benzene rings is 1. The number of alkyl halides is 2. The van der Waals surface area contributed by atoms with Gasteiger partial charge >= 0.3 is 5.92 Å². The fourth-order valence-corrected chi connectivity index (χ4v) is 3.28. The number of halogens is 4. The fraction of sp³-hybridized carbons (Fsp3) is 0.368. The molecular weight excluding hydrogens is 395 g/mol. The highest BCUT2D eigenvalue weighted by atomic mass is 35.5. The molecule has 0 unspecified atom stereocenters. The van der Waals surface area contributed by atoms with Crippen molar-refractivity contribution in [2.24, 2.45) is 0 Å². The third-order valence-corrected chi connectivity index (χ3v) is 5.08. The quantitative estimate of drug-likeness (QED) is 0.732. The number of pyridine rings is 1. The van der Waals surface area contributed by atoms with E-state index in [-0.39, 0.29) is 5.56 Å². The maximum absolute atomic E-state index is 15.4. The second kappa shape index (κ2) is 6.93. The van der Waals surface area contributed by atoms with Crippen LogP contribution >= 0.6 is 11.6 Å². The molecular formula is C19H19ClF3N3O2. The van der Waals surface area contributed by atoms with Crippen LogP contribution in [0.3, 0.4) is 0 Å². The lowest BCUT2D eigenvalue weighted by atomic mass is 9.77. The van der Waals surface area contributed by atoms with E-state index < -0.39 is 35.4 Å². The first kappa shape index (κ1) is 20.4. The molecule has 3 rings (SSSR count). The van der Waals surface area contributed by atoms with Gasteiger partial charge in [0.05, 0.1) is 11.9 Å². The van der Waals surface area contributed by atoms with E-state index in [4.69, 9.17) is 16.3 Å². The van der Waals surface area contributed by atoms with Gasteiger partial charge in [-0.15, -0.1) is 0 Å². The molecule has 1 aromatic heterocycles. The summed E-state index contributed by atoms with van der Waals surface area (Å²) in [5, 5.41) is 5.49. The van der Waals surface area contributed by atoms with Crippen LogP contribution in [0.1, 0.15) is 26.3 Å². The summed E-state index contributed by atoms with van der Waals surface area (Å²) in [5.41, 5.74) is -3.82. The minimum Gasteiger partial charge on any atom is -0.359 e. The van der Waals surface area contributed by atoms with Gasteiger partial charge in [0.1, 0.15) is 28.7 Å². The lowest BCUT2D eigenvalue weighted by molar-refractivity contribution is -0.216. The predicted octanol–water partition coefficient (Wildman–Crippen LogP) is 4.39. The molecule has 1 aliphatic rings. The molecule has 150 valence electrons. The van der Waals surface area contributed by atoms with E-state index in [2.05, 4.69) is 15.6 Å². The highest BCUT2D eigenvalue weighted by Gasteiger charge is 2.64. The van der Waals surface area contributed by atoms with Gasteiger partial charge in [-0.3, -0.25) is 4.79 Å². The summed E-state index contributed by atoms with van der Waals surface area (Å²) in [5.74, 6) is -5.25. The lowest BCUT2D eigenvalue weighted by Crippen LogP contribution is -2.62. The summed E-state index contributed by atoms with van der Waals surface area (Å²) in [6.45, 7) is 2.89. The van der Waals surface area contributed by atoms with Crippen LogP contribution in [0.5, 0.6) is 0 Å². The Labute approximate surface area is 165 Å². The summed E-state index contributed by atoms with van der Waals surface area (Å²) in [7, 11) is 0. The second-order valence-electron chi connectivity index (χ2n) is 7.24. The van der Waals surface area contributed by atoms with Crippen molar-refractivity contribution in [3.05, 3.63) is 53.1 Å². The van der Waals surface area contributed by atoms with Crippen LogP contribution < -0.4 is 10.6 Å².